The van der Waals surface area contributed by atoms with E-state index in [1.807, 2.05) is 0 Å². The van der Waals surface area contributed by atoms with Crippen LogP contribution in [0, 0.1) is 0 Å². The van der Waals surface area contributed by atoms with Crippen molar-refractivity contribution in [2.24, 2.45) is 0 Å². The van der Waals surface area contributed by atoms with Crippen molar-refractivity contribution in [2.45, 2.75) is 13.0 Å². The van der Waals surface area contributed by atoms with Gasteiger partial charge in [0.15, 0.2) is 17.6 Å². The minimum atomic E-state index is -0.983. The standard InChI is InChI=1S/C18H17NO6/c1-11(25-18(21)13-5-3-4-6-14(13)22-2)17(20)19-12-7-8-15-16(9-12)24-10-23-15/h3-9,11H,10H2,1-2H3,(H,19,20)/t11-/m0/s1. The Hall–Kier alpha value is -3.22. The number of carbonyl (C=O) groups is 2. The molecule has 0 saturated heterocycles. The summed E-state index contributed by atoms with van der Waals surface area (Å²) in [6.45, 7) is 1.65. The Balaban J connectivity index is 1.63. The van der Waals surface area contributed by atoms with Crippen molar-refractivity contribution >= 4 is 17.6 Å². The third-order valence-corrected chi connectivity index (χ3v) is 3.62. The molecule has 0 aliphatic carbocycles. The van der Waals surface area contributed by atoms with Crippen LogP contribution in [-0.2, 0) is 9.53 Å². The zero-order valence-corrected chi connectivity index (χ0v) is 13.8. The molecule has 2 aromatic carbocycles. The second-order valence-corrected chi connectivity index (χ2v) is 5.31. The molecule has 0 aromatic heterocycles. The van der Waals surface area contributed by atoms with Crippen LogP contribution < -0.4 is 19.5 Å². The van der Waals surface area contributed by atoms with Gasteiger partial charge in [-0.25, -0.2) is 4.79 Å². The molecule has 1 atom stereocenters. The summed E-state index contributed by atoms with van der Waals surface area (Å²) in [4.78, 5) is 24.5. The zero-order valence-electron chi connectivity index (χ0n) is 13.8. The highest BCUT2D eigenvalue weighted by molar-refractivity contribution is 5.98. The molecule has 3 rings (SSSR count). The predicted octanol–water partition coefficient (Wildman–Crippen LogP) is 2.61. The van der Waals surface area contributed by atoms with Gasteiger partial charge in [-0.3, -0.25) is 4.79 Å². The average molecular weight is 343 g/mol. The lowest BCUT2D eigenvalue weighted by molar-refractivity contribution is -0.123. The molecule has 0 radical (unpaired) electrons. The second kappa shape index (κ2) is 7.12. The molecule has 0 saturated carbocycles. The Morgan fingerprint density at radius 2 is 1.88 bits per heavy atom. The normalized spacial score (nSPS) is 13.0. The van der Waals surface area contributed by atoms with Gasteiger partial charge in [0.2, 0.25) is 6.79 Å². The molecule has 1 aliphatic rings. The maximum Gasteiger partial charge on any atom is 0.342 e. The van der Waals surface area contributed by atoms with Crippen LogP contribution in [0.5, 0.6) is 17.2 Å². The minimum Gasteiger partial charge on any atom is -0.496 e. The van der Waals surface area contributed by atoms with Gasteiger partial charge in [0.1, 0.15) is 11.3 Å². The number of esters is 1. The molecular formula is C18H17NO6. The van der Waals surface area contributed by atoms with Crippen molar-refractivity contribution in [3.8, 4) is 17.2 Å². The van der Waals surface area contributed by atoms with Crippen LogP contribution in [-0.4, -0.2) is 31.9 Å². The molecule has 1 aliphatic heterocycles. The van der Waals surface area contributed by atoms with E-state index in [9.17, 15) is 9.59 Å². The number of benzene rings is 2. The van der Waals surface area contributed by atoms with Gasteiger partial charge in [-0.1, -0.05) is 12.1 Å². The summed E-state index contributed by atoms with van der Waals surface area (Å²) in [6.07, 6.45) is -0.983. The third-order valence-electron chi connectivity index (χ3n) is 3.62. The van der Waals surface area contributed by atoms with Gasteiger partial charge < -0.3 is 24.3 Å². The maximum absolute atomic E-state index is 12.2. The number of nitrogens with one attached hydrogen (secondary N) is 1. The van der Waals surface area contributed by atoms with Gasteiger partial charge in [0, 0.05) is 11.8 Å². The fraction of sp³-hybridized carbons (Fsp3) is 0.222. The largest absolute Gasteiger partial charge is 0.496 e. The van der Waals surface area contributed by atoms with E-state index in [0.717, 1.165) is 0 Å². The number of ether oxygens (including phenoxy) is 4. The molecule has 1 N–H and O–H groups in total. The highest BCUT2D eigenvalue weighted by Crippen LogP contribution is 2.34. The molecule has 0 unspecified atom stereocenters. The van der Waals surface area contributed by atoms with Crippen LogP contribution in [0.2, 0.25) is 0 Å². The number of hydrogen-bond donors (Lipinski definition) is 1. The van der Waals surface area contributed by atoms with Crippen molar-refractivity contribution in [1.82, 2.24) is 0 Å². The quantitative estimate of drug-likeness (QED) is 0.840. The molecule has 1 amide bonds. The summed E-state index contributed by atoms with van der Waals surface area (Å²) in [5, 5.41) is 2.67. The summed E-state index contributed by atoms with van der Waals surface area (Å²) in [5.74, 6) is 0.467. The Morgan fingerprint density at radius 1 is 1.12 bits per heavy atom. The van der Waals surface area contributed by atoms with Crippen LogP contribution in [0.3, 0.4) is 0 Å². The highest BCUT2D eigenvalue weighted by Gasteiger charge is 2.22. The lowest BCUT2D eigenvalue weighted by atomic mass is 10.2. The SMILES string of the molecule is COc1ccccc1C(=O)O[C@@H](C)C(=O)Nc1ccc2c(c1)OCO2. The smallest absolute Gasteiger partial charge is 0.342 e. The zero-order chi connectivity index (χ0) is 17.8. The van der Waals surface area contributed by atoms with Gasteiger partial charge in [-0.15, -0.1) is 0 Å². The van der Waals surface area contributed by atoms with E-state index in [0.29, 0.717) is 22.9 Å². The van der Waals surface area contributed by atoms with Crippen LogP contribution in [0.1, 0.15) is 17.3 Å². The van der Waals surface area contributed by atoms with Crippen LogP contribution in [0.4, 0.5) is 5.69 Å². The van der Waals surface area contributed by atoms with Gasteiger partial charge in [-0.2, -0.15) is 0 Å². The number of amides is 1. The van der Waals surface area contributed by atoms with E-state index in [-0.39, 0.29) is 12.4 Å². The van der Waals surface area contributed by atoms with Crippen molar-refractivity contribution in [1.29, 1.82) is 0 Å². The van der Waals surface area contributed by atoms with E-state index < -0.39 is 18.0 Å². The maximum atomic E-state index is 12.2. The first-order chi connectivity index (χ1) is 12.1. The Bertz CT molecular complexity index is 804. The first-order valence-electron chi connectivity index (χ1n) is 7.63. The number of anilines is 1. The monoisotopic (exact) mass is 343 g/mol. The van der Waals surface area contributed by atoms with Crippen LogP contribution >= 0.6 is 0 Å². The number of carbonyl (C=O) groups excluding carboxylic acids is 2. The molecule has 2 aromatic rings. The van der Waals surface area contributed by atoms with Gasteiger partial charge in [-0.05, 0) is 31.2 Å². The predicted molar refractivity (Wildman–Crippen MR) is 89.1 cm³/mol. The Kier molecular flexibility index (Phi) is 4.74. The van der Waals surface area contributed by atoms with Crippen molar-refractivity contribution in [3.63, 3.8) is 0 Å². The summed E-state index contributed by atoms with van der Waals surface area (Å²) in [5.41, 5.74) is 0.780. The Morgan fingerprint density at radius 3 is 2.68 bits per heavy atom. The molecule has 7 nitrogen and oxygen atoms in total. The van der Waals surface area contributed by atoms with E-state index in [1.54, 1.807) is 42.5 Å². The lowest BCUT2D eigenvalue weighted by Crippen LogP contribution is -2.30. The van der Waals surface area contributed by atoms with Gasteiger partial charge >= 0.3 is 5.97 Å². The average Bonchev–Trinajstić information content (AvgIpc) is 3.09. The fourth-order valence-electron chi connectivity index (χ4n) is 2.31. The lowest BCUT2D eigenvalue weighted by Gasteiger charge is -2.15. The highest BCUT2D eigenvalue weighted by atomic mass is 16.7. The van der Waals surface area contributed by atoms with Crippen molar-refractivity contribution in [3.05, 3.63) is 48.0 Å². The molecule has 1 heterocycles. The fourth-order valence-corrected chi connectivity index (χ4v) is 2.31. The summed E-state index contributed by atoms with van der Waals surface area (Å²) in [7, 11) is 1.46. The molecule has 0 fully saturated rings. The molecular weight excluding hydrogens is 326 g/mol. The molecule has 25 heavy (non-hydrogen) atoms. The first kappa shape index (κ1) is 16.6. The van der Waals surface area contributed by atoms with Gasteiger partial charge in [0.25, 0.3) is 5.91 Å². The van der Waals surface area contributed by atoms with Crippen molar-refractivity contribution < 1.29 is 28.5 Å². The second-order valence-electron chi connectivity index (χ2n) is 5.31. The Labute approximate surface area is 144 Å². The summed E-state index contributed by atoms with van der Waals surface area (Å²) >= 11 is 0. The van der Waals surface area contributed by atoms with E-state index in [2.05, 4.69) is 5.32 Å². The van der Waals surface area contributed by atoms with Gasteiger partial charge in [0.05, 0.1) is 7.11 Å². The van der Waals surface area contributed by atoms with E-state index in [1.165, 1.54) is 14.0 Å². The number of para-hydroxylation sites is 1. The minimum absolute atomic E-state index is 0.152. The third kappa shape index (κ3) is 3.65. The van der Waals surface area contributed by atoms with Crippen LogP contribution in [0.25, 0.3) is 0 Å². The molecule has 0 spiro atoms. The van der Waals surface area contributed by atoms with E-state index >= 15 is 0 Å². The summed E-state index contributed by atoms with van der Waals surface area (Å²) < 4.78 is 20.8. The molecule has 7 heteroatoms. The number of rotatable bonds is 5. The molecule has 130 valence electrons. The first-order valence-corrected chi connectivity index (χ1v) is 7.63. The number of hydrogen-bond acceptors (Lipinski definition) is 6. The number of methoxy groups -OCH3 is 1. The van der Waals surface area contributed by atoms with Crippen LogP contribution in [0.15, 0.2) is 42.5 Å². The topological polar surface area (TPSA) is 83.1 Å². The number of fused-ring (bicyclic) bond motifs is 1. The summed E-state index contributed by atoms with van der Waals surface area (Å²) in [6, 6.07) is 11.7. The van der Waals surface area contributed by atoms with Crippen molar-refractivity contribution in [2.75, 3.05) is 19.2 Å². The van der Waals surface area contributed by atoms with E-state index in [4.69, 9.17) is 18.9 Å². The molecule has 0 bridgehead atoms.